The van der Waals surface area contributed by atoms with Crippen molar-refractivity contribution in [3.8, 4) is 0 Å². The number of rotatable bonds is 0. The van der Waals surface area contributed by atoms with Crippen LogP contribution in [0.25, 0.3) is 0 Å². The molecule has 0 aliphatic rings. The molecule has 6 heavy (non-hydrogen) atoms. The molecule has 0 rings (SSSR count). The van der Waals surface area contributed by atoms with E-state index in [4.69, 9.17) is 15.3 Å². The molecule has 0 aliphatic heterocycles. The molecule has 1 N–H and O–H groups in total. The molecule has 0 aromatic heterocycles. The van der Waals surface area contributed by atoms with Gasteiger partial charge in [0.05, 0.1) is 0 Å². The first-order valence-electron chi connectivity index (χ1n) is 0.565. The SMILES string of the molecule is Cl.O=[N+]([O-])O.[NaH]. The molecule has 0 radical (unpaired) electrons. The van der Waals surface area contributed by atoms with E-state index in [2.05, 4.69) is 0 Å². The summed E-state index contributed by atoms with van der Waals surface area (Å²) >= 11 is 0. The Morgan fingerprint density at radius 3 is 1.67 bits per heavy atom. The van der Waals surface area contributed by atoms with Crippen molar-refractivity contribution in [3.05, 3.63) is 10.1 Å². The minimum atomic E-state index is -1.50. The zero-order valence-corrected chi connectivity index (χ0v) is 2.94. The fourth-order valence-electron chi connectivity index (χ4n) is 0. The van der Waals surface area contributed by atoms with Crippen molar-refractivity contribution >= 4 is 42.0 Å². The fraction of sp³-hybridized carbons (Fsp3) is 0. The summed E-state index contributed by atoms with van der Waals surface area (Å²) < 4.78 is 0. The van der Waals surface area contributed by atoms with E-state index < -0.39 is 5.09 Å². The third-order valence-corrected chi connectivity index (χ3v) is 0. The van der Waals surface area contributed by atoms with Crippen LogP contribution in [0, 0.1) is 10.1 Å². The number of nitrogens with zero attached hydrogens (tertiary/aromatic N) is 1. The van der Waals surface area contributed by atoms with Crippen LogP contribution in [-0.2, 0) is 0 Å². The van der Waals surface area contributed by atoms with Crippen LogP contribution in [0.5, 0.6) is 0 Å². The van der Waals surface area contributed by atoms with E-state index >= 15 is 0 Å². The fourth-order valence-corrected chi connectivity index (χ4v) is 0. The van der Waals surface area contributed by atoms with Crippen molar-refractivity contribution in [2.45, 2.75) is 0 Å². The maximum atomic E-state index is 8.36. The molecule has 0 saturated carbocycles. The van der Waals surface area contributed by atoms with Gasteiger partial charge < -0.3 is 5.21 Å². The summed E-state index contributed by atoms with van der Waals surface area (Å²) in [4.78, 5) is 8.36. The van der Waals surface area contributed by atoms with Gasteiger partial charge in [0.25, 0.3) is 5.09 Å². The zero-order chi connectivity index (χ0) is 3.58. The molecule has 0 aromatic carbocycles. The van der Waals surface area contributed by atoms with Crippen LogP contribution in [-0.4, -0.2) is 39.9 Å². The number of hydrogen-bond acceptors (Lipinski definition) is 2. The average molecular weight is 123 g/mol. The summed E-state index contributed by atoms with van der Waals surface area (Å²) in [6, 6.07) is 0. The van der Waals surface area contributed by atoms with E-state index in [1.54, 1.807) is 0 Å². The standard InChI is InChI=1S/ClH.HNO3.Na.H/c;2-1(3)4;;/h1H;(H,2,3,4);;. The minimum absolute atomic E-state index is 0. The topological polar surface area (TPSA) is 63.4 Å². The van der Waals surface area contributed by atoms with Gasteiger partial charge in [0.15, 0.2) is 0 Å². The van der Waals surface area contributed by atoms with Crippen molar-refractivity contribution in [2.75, 3.05) is 0 Å². The van der Waals surface area contributed by atoms with Gasteiger partial charge in [-0.2, -0.15) is 0 Å². The predicted octanol–water partition coefficient (Wildman–Crippen LogP) is -0.574. The Hall–Kier alpha value is 0.490. The van der Waals surface area contributed by atoms with Crippen LogP contribution in [0.1, 0.15) is 0 Å². The van der Waals surface area contributed by atoms with Crippen LogP contribution in [0.4, 0.5) is 0 Å². The van der Waals surface area contributed by atoms with Gasteiger partial charge in [-0.3, -0.25) is 0 Å². The predicted molar refractivity (Wildman–Crippen MR) is 23.2 cm³/mol. The van der Waals surface area contributed by atoms with Gasteiger partial charge in [-0.1, -0.05) is 0 Å². The molecule has 0 bridgehead atoms. The molecule has 0 atom stereocenters. The quantitative estimate of drug-likeness (QED) is 0.266. The Balaban J connectivity index is -0.0000000450. The molecular formula is H3ClNNaO3. The molecule has 0 aromatic rings. The van der Waals surface area contributed by atoms with Crippen molar-refractivity contribution in [1.29, 1.82) is 0 Å². The van der Waals surface area contributed by atoms with Crippen LogP contribution in [0.15, 0.2) is 0 Å². The molecular weight excluding hydrogens is 120 g/mol. The summed E-state index contributed by atoms with van der Waals surface area (Å²) in [5.41, 5.74) is 0. The molecule has 0 amide bonds. The normalized spacial score (nSPS) is 4.00. The molecule has 0 spiro atoms. The Labute approximate surface area is 62.3 Å². The third kappa shape index (κ3) is 228. The summed E-state index contributed by atoms with van der Waals surface area (Å²) in [6.45, 7) is 0. The molecule has 0 unspecified atom stereocenters. The van der Waals surface area contributed by atoms with E-state index in [1.807, 2.05) is 0 Å². The first-order chi connectivity index (χ1) is 1.73. The molecule has 0 fully saturated rings. The van der Waals surface area contributed by atoms with Crippen molar-refractivity contribution in [3.63, 3.8) is 0 Å². The molecule has 0 aliphatic carbocycles. The second kappa shape index (κ2) is 9.09. The summed E-state index contributed by atoms with van der Waals surface area (Å²) in [6.07, 6.45) is 0. The Morgan fingerprint density at radius 2 is 1.67 bits per heavy atom. The number of hydrogen-bond donors (Lipinski definition) is 1. The van der Waals surface area contributed by atoms with Gasteiger partial charge in [0, 0.05) is 0 Å². The first-order valence-corrected chi connectivity index (χ1v) is 0.565. The molecule has 0 heterocycles. The first kappa shape index (κ1) is 16.1. The van der Waals surface area contributed by atoms with E-state index in [0.29, 0.717) is 0 Å². The van der Waals surface area contributed by atoms with Crippen molar-refractivity contribution in [1.82, 2.24) is 0 Å². The Morgan fingerprint density at radius 1 is 1.67 bits per heavy atom. The Bertz CT molecular complexity index is 33.8. The zero-order valence-electron chi connectivity index (χ0n) is 2.12. The van der Waals surface area contributed by atoms with E-state index in [-0.39, 0.29) is 42.0 Å². The maximum absolute atomic E-state index is 8.36. The monoisotopic (exact) mass is 123 g/mol. The molecule has 6 heteroatoms. The Kier molecular flexibility index (Phi) is 24.3. The second-order valence-corrected chi connectivity index (χ2v) is 0.238. The van der Waals surface area contributed by atoms with Crippen LogP contribution >= 0.6 is 12.4 Å². The molecule has 4 nitrogen and oxygen atoms in total. The van der Waals surface area contributed by atoms with E-state index in [0.717, 1.165) is 0 Å². The van der Waals surface area contributed by atoms with E-state index in [1.165, 1.54) is 0 Å². The molecule has 34 valence electrons. The van der Waals surface area contributed by atoms with Gasteiger partial charge in [-0.25, -0.2) is 0 Å². The second-order valence-electron chi connectivity index (χ2n) is 0.238. The number of halogens is 1. The van der Waals surface area contributed by atoms with Gasteiger partial charge >= 0.3 is 29.6 Å². The summed E-state index contributed by atoms with van der Waals surface area (Å²) in [7, 11) is 0. The van der Waals surface area contributed by atoms with Gasteiger partial charge in [0.1, 0.15) is 0 Å². The van der Waals surface area contributed by atoms with Crippen LogP contribution in [0.3, 0.4) is 0 Å². The van der Waals surface area contributed by atoms with Crippen LogP contribution < -0.4 is 0 Å². The third-order valence-electron chi connectivity index (χ3n) is 0. The van der Waals surface area contributed by atoms with Crippen LogP contribution in [0.2, 0.25) is 0 Å². The van der Waals surface area contributed by atoms with Gasteiger partial charge in [-0.15, -0.1) is 22.5 Å². The van der Waals surface area contributed by atoms with E-state index in [9.17, 15) is 0 Å². The van der Waals surface area contributed by atoms with Gasteiger partial charge in [-0.05, 0) is 0 Å². The van der Waals surface area contributed by atoms with Crippen molar-refractivity contribution in [2.24, 2.45) is 0 Å². The van der Waals surface area contributed by atoms with Gasteiger partial charge in [0.2, 0.25) is 0 Å². The summed E-state index contributed by atoms with van der Waals surface area (Å²) in [5, 5.41) is 13.6. The summed E-state index contributed by atoms with van der Waals surface area (Å²) in [5.74, 6) is 0. The molecule has 0 saturated heterocycles. The average Bonchev–Trinajstić information content (AvgIpc) is 0.811. The van der Waals surface area contributed by atoms with Crippen molar-refractivity contribution < 1.29 is 10.3 Å².